The summed E-state index contributed by atoms with van der Waals surface area (Å²) in [5.74, 6) is 0. The van der Waals surface area contributed by atoms with Gasteiger partial charge in [-0.15, -0.1) is 0 Å². The molecule has 0 saturated heterocycles. The van der Waals surface area contributed by atoms with E-state index in [2.05, 4.69) is 24.7 Å². The average Bonchev–Trinajstić information content (AvgIpc) is 2.72. The molecule has 28 heavy (non-hydrogen) atoms. The molecule has 1 heterocycles. The SMILES string of the molecule is C=CC=C.C=Cc1ccccn1.O=S(=O)(O)C=CC=CC=Cc1ccccc1. The lowest BCUT2D eigenvalue weighted by atomic mass is 10.2. The maximum Gasteiger partial charge on any atom is 0.287 e. The van der Waals surface area contributed by atoms with E-state index < -0.39 is 10.1 Å². The van der Waals surface area contributed by atoms with Gasteiger partial charge in [0.1, 0.15) is 0 Å². The summed E-state index contributed by atoms with van der Waals surface area (Å²) in [7, 11) is -4.02. The minimum absolute atomic E-state index is 0.722. The Bertz CT molecular complexity index is 876. The number of pyridine rings is 1. The van der Waals surface area contributed by atoms with E-state index in [0.29, 0.717) is 0 Å². The smallest absolute Gasteiger partial charge is 0.282 e. The second-order valence-corrected chi connectivity index (χ2v) is 6.23. The Morgan fingerprint density at radius 2 is 1.43 bits per heavy atom. The Morgan fingerprint density at radius 1 is 0.821 bits per heavy atom. The van der Waals surface area contributed by atoms with Crippen molar-refractivity contribution in [2.24, 2.45) is 0 Å². The highest BCUT2D eigenvalue weighted by Gasteiger charge is 1.91. The Kier molecular flexibility index (Phi) is 14.1. The van der Waals surface area contributed by atoms with Crippen LogP contribution < -0.4 is 0 Å². The summed E-state index contributed by atoms with van der Waals surface area (Å²) in [6.45, 7) is 10.3. The summed E-state index contributed by atoms with van der Waals surface area (Å²) in [6.07, 6.45) is 14.9. The molecule has 0 unspecified atom stereocenters. The largest absolute Gasteiger partial charge is 0.287 e. The van der Waals surface area contributed by atoms with E-state index in [9.17, 15) is 8.42 Å². The van der Waals surface area contributed by atoms with Gasteiger partial charge in [-0.1, -0.05) is 92.6 Å². The molecular formula is C23H25NO3S. The summed E-state index contributed by atoms with van der Waals surface area (Å²) in [4.78, 5) is 3.98. The van der Waals surface area contributed by atoms with Crippen LogP contribution in [0.1, 0.15) is 11.3 Å². The van der Waals surface area contributed by atoms with Crippen molar-refractivity contribution >= 4 is 22.3 Å². The van der Waals surface area contributed by atoms with Gasteiger partial charge in [0, 0.05) is 6.20 Å². The molecule has 2 rings (SSSR count). The third-order valence-corrected chi connectivity index (χ3v) is 3.24. The molecule has 0 atom stereocenters. The van der Waals surface area contributed by atoms with Gasteiger partial charge < -0.3 is 0 Å². The van der Waals surface area contributed by atoms with Crippen molar-refractivity contribution in [3.05, 3.63) is 128 Å². The second kappa shape index (κ2) is 15.9. The van der Waals surface area contributed by atoms with Crippen LogP contribution in [0.25, 0.3) is 12.2 Å². The van der Waals surface area contributed by atoms with Gasteiger partial charge in [-0.05, 0) is 29.8 Å². The molecule has 1 aromatic heterocycles. The monoisotopic (exact) mass is 395 g/mol. The summed E-state index contributed by atoms with van der Waals surface area (Å²) in [5.41, 5.74) is 1.98. The van der Waals surface area contributed by atoms with Gasteiger partial charge in [0.15, 0.2) is 0 Å². The highest BCUT2D eigenvalue weighted by Crippen LogP contribution is 2.00. The van der Waals surface area contributed by atoms with Crippen LogP contribution in [0.3, 0.4) is 0 Å². The first-order chi connectivity index (χ1) is 13.4. The topological polar surface area (TPSA) is 67.3 Å². The molecule has 0 radical (unpaired) electrons. The first-order valence-corrected chi connectivity index (χ1v) is 9.74. The normalized spacial score (nSPS) is 10.6. The number of nitrogens with zero attached hydrogens (tertiary/aromatic N) is 1. The van der Waals surface area contributed by atoms with E-state index >= 15 is 0 Å². The number of hydrogen-bond acceptors (Lipinski definition) is 3. The van der Waals surface area contributed by atoms with Gasteiger partial charge in [0.05, 0.1) is 11.1 Å². The van der Waals surface area contributed by atoms with E-state index in [1.54, 1.807) is 36.6 Å². The molecular weight excluding hydrogens is 370 g/mol. The standard InChI is InChI=1S/C12H12O3S.C7H7N.C4H6/c13-16(14,15)11-7-2-1-4-8-12-9-5-3-6-10-12;1-2-7-5-3-4-6-8-7;1-3-4-2/h1-11H,(H,13,14,15);2-6H,1H2;3-4H,1-2H2. The summed E-state index contributed by atoms with van der Waals surface area (Å²) in [6, 6.07) is 15.4. The summed E-state index contributed by atoms with van der Waals surface area (Å²) in [5, 5.41) is 0.722. The third kappa shape index (κ3) is 16.2. The Labute approximate surface area is 168 Å². The van der Waals surface area contributed by atoms with E-state index in [1.807, 2.05) is 54.6 Å². The molecule has 0 amide bonds. The van der Waals surface area contributed by atoms with Crippen molar-refractivity contribution < 1.29 is 13.0 Å². The number of aromatic nitrogens is 1. The molecule has 2 aromatic rings. The molecule has 5 heteroatoms. The molecule has 0 bridgehead atoms. The van der Waals surface area contributed by atoms with E-state index in [-0.39, 0.29) is 0 Å². The summed E-state index contributed by atoms with van der Waals surface area (Å²) < 4.78 is 29.0. The molecule has 0 aliphatic rings. The van der Waals surface area contributed by atoms with Crippen LogP contribution in [-0.4, -0.2) is 18.0 Å². The first-order valence-electron chi connectivity index (χ1n) is 8.23. The first kappa shape index (κ1) is 24.7. The maximum absolute atomic E-state index is 10.3. The van der Waals surface area contributed by atoms with Gasteiger partial charge in [-0.3, -0.25) is 9.54 Å². The van der Waals surface area contributed by atoms with Crippen molar-refractivity contribution in [3.63, 3.8) is 0 Å². The van der Waals surface area contributed by atoms with E-state index in [0.717, 1.165) is 16.7 Å². The average molecular weight is 396 g/mol. The number of rotatable bonds is 6. The lowest BCUT2D eigenvalue weighted by Crippen LogP contribution is -1.87. The van der Waals surface area contributed by atoms with Crippen LogP contribution in [-0.2, 0) is 10.1 Å². The van der Waals surface area contributed by atoms with Crippen molar-refractivity contribution in [3.8, 4) is 0 Å². The third-order valence-electron chi connectivity index (χ3n) is 2.74. The molecule has 146 valence electrons. The van der Waals surface area contributed by atoms with Crippen LogP contribution in [0.15, 0.2) is 116 Å². The Morgan fingerprint density at radius 3 is 1.89 bits per heavy atom. The van der Waals surface area contributed by atoms with Crippen molar-refractivity contribution in [2.75, 3.05) is 0 Å². The molecule has 0 aliphatic heterocycles. The predicted octanol–water partition coefficient (Wildman–Crippen LogP) is 5.74. The number of allylic oxidation sites excluding steroid dienone is 6. The molecule has 0 aliphatic carbocycles. The second-order valence-electron chi connectivity index (χ2n) is 4.93. The van der Waals surface area contributed by atoms with E-state index in [4.69, 9.17) is 4.55 Å². The maximum atomic E-state index is 10.3. The fourth-order valence-electron chi connectivity index (χ4n) is 1.50. The van der Waals surface area contributed by atoms with Crippen molar-refractivity contribution in [1.29, 1.82) is 0 Å². The number of benzene rings is 1. The fourth-order valence-corrected chi connectivity index (χ4v) is 1.79. The molecule has 4 nitrogen and oxygen atoms in total. The van der Waals surface area contributed by atoms with Crippen LogP contribution in [0.5, 0.6) is 0 Å². The highest BCUT2D eigenvalue weighted by molar-refractivity contribution is 7.88. The molecule has 1 aromatic carbocycles. The minimum Gasteiger partial charge on any atom is -0.282 e. The lowest BCUT2D eigenvalue weighted by Gasteiger charge is -1.87. The van der Waals surface area contributed by atoms with Gasteiger partial charge in [-0.2, -0.15) is 8.42 Å². The molecule has 0 spiro atoms. The van der Waals surface area contributed by atoms with Crippen molar-refractivity contribution in [2.45, 2.75) is 0 Å². The zero-order chi connectivity index (χ0) is 21.1. The van der Waals surface area contributed by atoms with E-state index in [1.165, 1.54) is 12.2 Å². The van der Waals surface area contributed by atoms with Crippen molar-refractivity contribution in [1.82, 2.24) is 4.98 Å². The Hall–Kier alpha value is -3.28. The van der Waals surface area contributed by atoms with Crippen LogP contribution in [0.2, 0.25) is 0 Å². The van der Waals surface area contributed by atoms with Crippen LogP contribution >= 0.6 is 0 Å². The summed E-state index contributed by atoms with van der Waals surface area (Å²) >= 11 is 0. The molecule has 0 fully saturated rings. The van der Waals surface area contributed by atoms with Gasteiger partial charge in [0.25, 0.3) is 10.1 Å². The fraction of sp³-hybridized carbons (Fsp3) is 0. The van der Waals surface area contributed by atoms with Gasteiger partial charge in [-0.25, -0.2) is 0 Å². The zero-order valence-electron chi connectivity index (χ0n) is 15.6. The highest BCUT2D eigenvalue weighted by atomic mass is 32.2. The minimum atomic E-state index is -4.02. The lowest BCUT2D eigenvalue weighted by molar-refractivity contribution is 0.494. The predicted molar refractivity (Wildman–Crippen MR) is 120 cm³/mol. The van der Waals surface area contributed by atoms with Gasteiger partial charge in [0.2, 0.25) is 0 Å². The zero-order valence-corrected chi connectivity index (χ0v) is 16.4. The van der Waals surface area contributed by atoms with Crippen LogP contribution in [0, 0.1) is 0 Å². The van der Waals surface area contributed by atoms with Gasteiger partial charge >= 0.3 is 0 Å². The number of hydrogen-bond donors (Lipinski definition) is 1. The Balaban J connectivity index is 0.000000502. The van der Waals surface area contributed by atoms with Crippen LogP contribution in [0.4, 0.5) is 0 Å². The quantitative estimate of drug-likeness (QED) is 0.500. The molecule has 1 N–H and O–H groups in total. The molecule has 0 saturated carbocycles.